The van der Waals surface area contributed by atoms with Crippen LogP contribution in [-0.2, 0) is 12.1 Å². The second kappa shape index (κ2) is 9.20. The van der Waals surface area contributed by atoms with Gasteiger partial charge in [-0.15, -0.1) is 0 Å². The van der Waals surface area contributed by atoms with Crippen molar-refractivity contribution in [3.05, 3.63) is 98.7 Å². The molecule has 0 aliphatic rings. The summed E-state index contributed by atoms with van der Waals surface area (Å²) in [5, 5.41) is 2.94. The van der Waals surface area contributed by atoms with E-state index in [2.05, 4.69) is 16.9 Å². The Morgan fingerprint density at radius 3 is 2.45 bits per heavy atom. The number of rotatable bonds is 6. The van der Waals surface area contributed by atoms with Crippen LogP contribution in [-0.4, -0.2) is 22.6 Å². The molecule has 3 aromatic rings. The molecule has 0 atom stereocenters. The number of H-pyrrole nitrogens is 1. The zero-order valence-electron chi connectivity index (χ0n) is 19.3. The fourth-order valence-corrected chi connectivity index (χ4v) is 3.52. The number of nitrogens with one attached hydrogen (secondary N) is 2. The Balaban J connectivity index is 1.92. The minimum atomic E-state index is -0.753. The van der Waals surface area contributed by atoms with Crippen molar-refractivity contribution in [2.45, 2.75) is 32.9 Å². The maximum absolute atomic E-state index is 13.1. The summed E-state index contributed by atoms with van der Waals surface area (Å²) < 4.78 is 1.23. The van der Waals surface area contributed by atoms with E-state index in [4.69, 9.17) is 5.73 Å². The number of amides is 2. The fraction of sp³-hybridized carbons (Fsp3) is 0.240. The van der Waals surface area contributed by atoms with Gasteiger partial charge in [0.25, 0.3) is 5.56 Å². The predicted octanol–water partition coefficient (Wildman–Crippen LogP) is 3.28. The van der Waals surface area contributed by atoms with Crippen LogP contribution < -0.4 is 27.2 Å². The van der Waals surface area contributed by atoms with Crippen molar-refractivity contribution < 1.29 is 4.79 Å². The molecular formula is C25H29N5O3. The van der Waals surface area contributed by atoms with Gasteiger partial charge in [-0.1, -0.05) is 60.7 Å². The average molecular weight is 448 g/mol. The van der Waals surface area contributed by atoms with Crippen molar-refractivity contribution in [1.82, 2.24) is 14.9 Å². The second-order valence-electron chi connectivity index (χ2n) is 8.54. The lowest BCUT2D eigenvalue weighted by Crippen LogP contribution is -2.49. The van der Waals surface area contributed by atoms with Crippen LogP contribution in [0.5, 0.6) is 0 Å². The highest BCUT2D eigenvalue weighted by Crippen LogP contribution is 2.25. The third-order valence-corrected chi connectivity index (χ3v) is 5.53. The molecule has 3 rings (SSSR count). The molecule has 2 amide bonds. The molecular weight excluding hydrogens is 418 g/mol. The van der Waals surface area contributed by atoms with Gasteiger partial charge in [0, 0.05) is 7.05 Å². The molecule has 2 aromatic carbocycles. The molecule has 0 spiro atoms. The van der Waals surface area contributed by atoms with E-state index < -0.39 is 22.8 Å². The third kappa shape index (κ3) is 5.06. The molecule has 1 heterocycles. The van der Waals surface area contributed by atoms with Crippen LogP contribution in [0.4, 0.5) is 16.3 Å². The number of aromatic amines is 1. The number of anilines is 2. The fourth-order valence-electron chi connectivity index (χ4n) is 3.52. The number of urea groups is 1. The first-order valence-corrected chi connectivity index (χ1v) is 10.5. The molecule has 0 aliphatic heterocycles. The van der Waals surface area contributed by atoms with Crippen molar-refractivity contribution in [3.8, 4) is 0 Å². The molecule has 172 valence electrons. The number of benzene rings is 2. The van der Waals surface area contributed by atoms with Crippen LogP contribution >= 0.6 is 0 Å². The van der Waals surface area contributed by atoms with E-state index in [0.717, 1.165) is 27.2 Å². The Morgan fingerprint density at radius 2 is 1.82 bits per heavy atom. The molecule has 8 heteroatoms. The Kier molecular flexibility index (Phi) is 6.57. The number of nitrogens with zero attached hydrogens (tertiary/aromatic N) is 2. The number of hydrogen-bond donors (Lipinski definition) is 3. The summed E-state index contributed by atoms with van der Waals surface area (Å²) >= 11 is 0. The van der Waals surface area contributed by atoms with Gasteiger partial charge in [-0.3, -0.25) is 19.2 Å². The van der Waals surface area contributed by atoms with E-state index in [1.807, 2.05) is 75.4 Å². The molecule has 0 bridgehead atoms. The van der Waals surface area contributed by atoms with Crippen LogP contribution in [0.25, 0.3) is 5.57 Å². The highest BCUT2D eigenvalue weighted by molar-refractivity contribution is 5.94. The van der Waals surface area contributed by atoms with Gasteiger partial charge in [0.05, 0.1) is 12.1 Å². The van der Waals surface area contributed by atoms with Crippen LogP contribution in [0.3, 0.4) is 0 Å². The largest absolute Gasteiger partial charge is 0.383 e. The van der Waals surface area contributed by atoms with Gasteiger partial charge in [0.2, 0.25) is 0 Å². The van der Waals surface area contributed by atoms with Crippen LogP contribution in [0.1, 0.15) is 37.5 Å². The van der Waals surface area contributed by atoms with E-state index in [1.165, 1.54) is 11.6 Å². The predicted molar refractivity (Wildman–Crippen MR) is 132 cm³/mol. The number of aromatic nitrogens is 2. The number of allylic oxidation sites excluding steroid dienone is 1. The lowest BCUT2D eigenvalue weighted by Gasteiger charge is -2.30. The van der Waals surface area contributed by atoms with Crippen LogP contribution in [0.2, 0.25) is 0 Å². The number of hydrogen-bond acceptors (Lipinski definition) is 4. The summed E-state index contributed by atoms with van der Waals surface area (Å²) in [4.78, 5) is 41.5. The lowest BCUT2D eigenvalue weighted by molar-refractivity contribution is 0.237. The van der Waals surface area contributed by atoms with E-state index in [9.17, 15) is 14.4 Å². The van der Waals surface area contributed by atoms with Gasteiger partial charge in [0.1, 0.15) is 5.82 Å². The maximum atomic E-state index is 13.1. The van der Waals surface area contributed by atoms with E-state index in [0.29, 0.717) is 0 Å². The Morgan fingerprint density at radius 1 is 1.15 bits per heavy atom. The van der Waals surface area contributed by atoms with Crippen molar-refractivity contribution in [1.29, 1.82) is 0 Å². The smallest absolute Gasteiger partial charge is 0.330 e. The van der Waals surface area contributed by atoms with Gasteiger partial charge in [-0.25, -0.2) is 9.59 Å². The van der Waals surface area contributed by atoms with Crippen molar-refractivity contribution in [2.75, 3.05) is 17.7 Å². The average Bonchev–Trinajstić information content (AvgIpc) is 2.77. The number of nitrogens with two attached hydrogens (primary N) is 1. The molecule has 8 nitrogen and oxygen atoms in total. The Hall–Kier alpha value is -4.07. The van der Waals surface area contributed by atoms with Crippen molar-refractivity contribution in [2.24, 2.45) is 0 Å². The summed E-state index contributed by atoms with van der Waals surface area (Å²) in [6.45, 7) is 9.76. The third-order valence-electron chi connectivity index (χ3n) is 5.53. The van der Waals surface area contributed by atoms with E-state index in [1.54, 1.807) is 0 Å². The minimum Gasteiger partial charge on any atom is -0.383 e. The van der Waals surface area contributed by atoms with Crippen molar-refractivity contribution >= 4 is 23.1 Å². The molecule has 33 heavy (non-hydrogen) atoms. The van der Waals surface area contributed by atoms with Crippen molar-refractivity contribution in [3.63, 3.8) is 0 Å². The van der Waals surface area contributed by atoms with Crippen LogP contribution in [0, 0.1) is 0 Å². The number of carbonyl (C=O) groups is 1. The molecule has 0 saturated carbocycles. The zero-order chi connectivity index (χ0) is 24.3. The topological polar surface area (TPSA) is 113 Å². The highest BCUT2D eigenvalue weighted by atomic mass is 16.2. The molecule has 0 fully saturated rings. The minimum absolute atomic E-state index is 0.0904. The summed E-state index contributed by atoms with van der Waals surface area (Å²) in [6.07, 6.45) is 0. The molecule has 4 N–H and O–H groups in total. The SMILES string of the molecule is C=C(C)c1cccc(C(C)(C)NC(=O)N(C)c2c(N)n(Cc3ccccc3)c(=O)[nH]c2=O)c1. The highest BCUT2D eigenvalue weighted by Gasteiger charge is 2.28. The van der Waals surface area contributed by atoms with Gasteiger partial charge in [0.15, 0.2) is 5.69 Å². The Bertz CT molecular complexity index is 1310. The molecule has 1 aromatic heterocycles. The summed E-state index contributed by atoms with van der Waals surface area (Å²) in [5.41, 5.74) is 7.56. The van der Waals surface area contributed by atoms with Gasteiger partial charge >= 0.3 is 11.7 Å². The standard InChI is InChI=1S/C25H29N5O3/c1-16(2)18-12-9-13-19(14-18)25(3,4)28-24(33)29(5)20-21(26)30(23(32)27-22(20)31)15-17-10-7-6-8-11-17/h6-14H,1,15,26H2,2-5H3,(H,28,33)(H,27,31,32). The van der Waals surface area contributed by atoms with Crippen LogP contribution in [0.15, 0.2) is 70.8 Å². The van der Waals surface area contributed by atoms with Gasteiger partial charge < -0.3 is 11.1 Å². The molecule has 0 saturated heterocycles. The summed E-state index contributed by atoms with van der Waals surface area (Å²) in [6, 6.07) is 16.4. The Labute approximate surface area is 192 Å². The second-order valence-corrected chi connectivity index (χ2v) is 8.54. The maximum Gasteiger partial charge on any atom is 0.330 e. The van der Waals surface area contributed by atoms with E-state index in [-0.39, 0.29) is 18.1 Å². The van der Waals surface area contributed by atoms with Gasteiger partial charge in [-0.05, 0) is 43.5 Å². The quantitative estimate of drug-likeness (QED) is 0.538. The summed E-state index contributed by atoms with van der Waals surface area (Å²) in [5.74, 6) is -0.0904. The van der Waals surface area contributed by atoms with E-state index >= 15 is 0 Å². The lowest BCUT2D eigenvalue weighted by atomic mass is 9.92. The number of carbonyl (C=O) groups excluding carboxylic acids is 1. The molecule has 0 unspecified atom stereocenters. The van der Waals surface area contributed by atoms with Gasteiger partial charge in [-0.2, -0.15) is 0 Å². The first-order chi connectivity index (χ1) is 15.5. The molecule has 0 aliphatic carbocycles. The normalized spacial score (nSPS) is 11.2. The molecule has 0 radical (unpaired) electrons. The first kappa shape index (κ1) is 23.6. The summed E-state index contributed by atoms with van der Waals surface area (Å²) in [7, 11) is 1.44. The first-order valence-electron chi connectivity index (χ1n) is 10.5. The number of nitrogen functional groups attached to an aromatic ring is 1. The zero-order valence-corrected chi connectivity index (χ0v) is 19.3. The monoisotopic (exact) mass is 447 g/mol.